The van der Waals surface area contributed by atoms with Crippen molar-refractivity contribution in [1.82, 2.24) is 0 Å². The summed E-state index contributed by atoms with van der Waals surface area (Å²) in [7, 11) is 0. The maximum absolute atomic E-state index is 10.6. The molecule has 1 N–H and O–H groups in total. The predicted octanol–water partition coefficient (Wildman–Crippen LogP) is 4.22. The number of aliphatic hydroxyl groups is 1. The standard InChI is InChI=1S/C18H32O2/c1-5-18(4,11(2)3)17(19)20-16-10-12-9-15(16)14-8-6-7-13(12)14/h11-17,19H,5-10H2,1-4H3/t12?,13?,14?,15?,16?,17-,18?/m1/s1. The monoisotopic (exact) mass is 280 g/mol. The van der Waals surface area contributed by atoms with Crippen molar-refractivity contribution in [2.75, 3.05) is 0 Å². The van der Waals surface area contributed by atoms with Crippen LogP contribution in [0.5, 0.6) is 0 Å². The fraction of sp³-hybridized carbons (Fsp3) is 1.00. The van der Waals surface area contributed by atoms with E-state index >= 15 is 0 Å². The first-order valence-electron chi connectivity index (χ1n) is 8.81. The van der Waals surface area contributed by atoms with Gasteiger partial charge >= 0.3 is 0 Å². The Hall–Kier alpha value is -0.0800. The lowest BCUT2D eigenvalue weighted by Crippen LogP contribution is -2.43. The third-order valence-electron chi connectivity index (χ3n) is 7.32. The summed E-state index contributed by atoms with van der Waals surface area (Å²) in [6, 6.07) is 0. The number of rotatable bonds is 5. The van der Waals surface area contributed by atoms with Gasteiger partial charge in [0.2, 0.25) is 0 Å². The van der Waals surface area contributed by atoms with Crippen LogP contribution in [0.25, 0.3) is 0 Å². The minimum atomic E-state index is -0.600. The molecule has 0 amide bonds. The van der Waals surface area contributed by atoms with Crippen LogP contribution in [-0.4, -0.2) is 17.5 Å². The molecule has 0 aromatic carbocycles. The fourth-order valence-electron chi connectivity index (χ4n) is 5.35. The van der Waals surface area contributed by atoms with E-state index in [0.717, 1.165) is 30.1 Å². The second-order valence-electron chi connectivity index (χ2n) is 8.19. The molecule has 3 aliphatic rings. The highest BCUT2D eigenvalue weighted by Gasteiger charge is 2.55. The Morgan fingerprint density at radius 2 is 1.85 bits per heavy atom. The molecule has 0 aromatic heterocycles. The molecule has 20 heavy (non-hydrogen) atoms. The third-order valence-corrected chi connectivity index (χ3v) is 7.32. The van der Waals surface area contributed by atoms with Crippen LogP contribution in [0.15, 0.2) is 0 Å². The molecule has 116 valence electrons. The van der Waals surface area contributed by atoms with E-state index in [4.69, 9.17) is 4.74 Å². The van der Waals surface area contributed by atoms with Crippen LogP contribution in [0.3, 0.4) is 0 Å². The Morgan fingerprint density at radius 3 is 2.50 bits per heavy atom. The van der Waals surface area contributed by atoms with E-state index in [1.165, 1.54) is 32.1 Å². The fourth-order valence-corrected chi connectivity index (χ4v) is 5.35. The molecule has 3 aliphatic carbocycles. The van der Waals surface area contributed by atoms with E-state index in [2.05, 4.69) is 27.7 Å². The minimum Gasteiger partial charge on any atom is -0.367 e. The lowest BCUT2D eigenvalue weighted by atomic mass is 9.75. The second-order valence-corrected chi connectivity index (χ2v) is 8.19. The van der Waals surface area contributed by atoms with Crippen LogP contribution in [0.1, 0.15) is 66.2 Å². The SMILES string of the molecule is CCC(C)(C(C)C)[C@H](O)OC1CC2CC1C1CCCC21. The zero-order chi connectivity index (χ0) is 14.5. The van der Waals surface area contributed by atoms with Crippen molar-refractivity contribution in [1.29, 1.82) is 0 Å². The number of hydrogen-bond donors (Lipinski definition) is 1. The van der Waals surface area contributed by atoms with Gasteiger partial charge in [-0.05, 0) is 61.7 Å². The van der Waals surface area contributed by atoms with Crippen LogP contribution >= 0.6 is 0 Å². The van der Waals surface area contributed by atoms with Crippen LogP contribution in [0.2, 0.25) is 0 Å². The van der Waals surface area contributed by atoms with Gasteiger partial charge in [0.15, 0.2) is 6.29 Å². The van der Waals surface area contributed by atoms with Crippen molar-refractivity contribution < 1.29 is 9.84 Å². The first-order chi connectivity index (χ1) is 9.47. The maximum Gasteiger partial charge on any atom is 0.160 e. The number of aliphatic hydroxyl groups excluding tert-OH is 1. The lowest BCUT2D eigenvalue weighted by molar-refractivity contribution is -0.222. The van der Waals surface area contributed by atoms with Gasteiger partial charge < -0.3 is 9.84 Å². The third kappa shape index (κ3) is 2.14. The molecule has 0 aromatic rings. The quantitative estimate of drug-likeness (QED) is 0.764. The van der Waals surface area contributed by atoms with Crippen molar-refractivity contribution in [2.24, 2.45) is 35.0 Å². The largest absolute Gasteiger partial charge is 0.367 e. The highest BCUT2D eigenvalue weighted by Crippen LogP contribution is 2.59. The van der Waals surface area contributed by atoms with E-state index < -0.39 is 6.29 Å². The molecule has 2 heteroatoms. The van der Waals surface area contributed by atoms with E-state index in [9.17, 15) is 5.11 Å². The molecule has 0 aliphatic heterocycles. The molecule has 2 nitrogen and oxygen atoms in total. The van der Waals surface area contributed by atoms with Crippen LogP contribution < -0.4 is 0 Å². The Kier molecular flexibility index (Phi) is 3.92. The summed E-state index contributed by atoms with van der Waals surface area (Å²) in [6.07, 6.45) is 7.58. The zero-order valence-corrected chi connectivity index (χ0v) is 13.6. The molecule has 0 saturated heterocycles. The number of ether oxygens (including phenoxy) is 1. The van der Waals surface area contributed by atoms with E-state index in [-0.39, 0.29) is 5.41 Å². The number of fused-ring (bicyclic) bond motifs is 5. The molecular formula is C18H32O2. The molecule has 3 saturated carbocycles. The molecule has 7 atom stereocenters. The van der Waals surface area contributed by atoms with E-state index in [1.807, 2.05) is 0 Å². The summed E-state index contributed by atoms with van der Waals surface area (Å²) >= 11 is 0. The summed E-state index contributed by atoms with van der Waals surface area (Å²) in [5, 5.41) is 10.6. The molecule has 0 spiro atoms. The molecule has 3 fully saturated rings. The summed E-state index contributed by atoms with van der Waals surface area (Å²) in [5.74, 6) is 4.00. The van der Waals surface area contributed by atoms with Crippen molar-refractivity contribution in [3.63, 3.8) is 0 Å². The molecule has 0 radical (unpaired) electrons. The van der Waals surface area contributed by atoms with Gasteiger partial charge in [-0.25, -0.2) is 0 Å². The van der Waals surface area contributed by atoms with E-state index in [1.54, 1.807) is 0 Å². The van der Waals surface area contributed by atoms with Gasteiger partial charge in [0.05, 0.1) is 6.10 Å². The van der Waals surface area contributed by atoms with E-state index in [0.29, 0.717) is 12.0 Å². The van der Waals surface area contributed by atoms with Gasteiger partial charge in [0.25, 0.3) is 0 Å². The highest BCUT2D eigenvalue weighted by atomic mass is 16.6. The summed E-state index contributed by atoms with van der Waals surface area (Å²) < 4.78 is 6.23. The average molecular weight is 280 g/mol. The van der Waals surface area contributed by atoms with Crippen molar-refractivity contribution in [3.05, 3.63) is 0 Å². The molecule has 3 rings (SSSR count). The first-order valence-corrected chi connectivity index (χ1v) is 8.81. The van der Waals surface area contributed by atoms with Gasteiger partial charge in [0, 0.05) is 5.41 Å². The average Bonchev–Trinajstić information content (AvgIpc) is 3.08. The summed E-state index contributed by atoms with van der Waals surface area (Å²) in [6.45, 7) is 8.74. The predicted molar refractivity (Wildman–Crippen MR) is 81.2 cm³/mol. The zero-order valence-electron chi connectivity index (χ0n) is 13.6. The topological polar surface area (TPSA) is 29.5 Å². The van der Waals surface area contributed by atoms with Gasteiger partial charge in [0.1, 0.15) is 0 Å². The highest BCUT2D eigenvalue weighted by molar-refractivity contribution is 5.04. The van der Waals surface area contributed by atoms with Gasteiger partial charge in [-0.15, -0.1) is 0 Å². The van der Waals surface area contributed by atoms with Crippen LogP contribution in [0, 0.1) is 35.0 Å². The summed E-state index contributed by atoms with van der Waals surface area (Å²) in [5.41, 5.74) is -0.114. The first kappa shape index (κ1) is 14.8. The van der Waals surface area contributed by atoms with Gasteiger partial charge in [-0.2, -0.15) is 0 Å². The molecule has 0 heterocycles. The van der Waals surface area contributed by atoms with Crippen molar-refractivity contribution >= 4 is 0 Å². The van der Waals surface area contributed by atoms with Crippen LogP contribution in [0.4, 0.5) is 0 Å². The summed E-state index contributed by atoms with van der Waals surface area (Å²) in [4.78, 5) is 0. The molecule has 2 bridgehead atoms. The Balaban J connectivity index is 1.65. The van der Waals surface area contributed by atoms with Crippen molar-refractivity contribution in [3.8, 4) is 0 Å². The maximum atomic E-state index is 10.6. The smallest absolute Gasteiger partial charge is 0.160 e. The second kappa shape index (κ2) is 5.28. The van der Waals surface area contributed by atoms with Crippen LogP contribution in [-0.2, 0) is 4.74 Å². The Morgan fingerprint density at radius 1 is 1.15 bits per heavy atom. The molecular weight excluding hydrogens is 248 g/mol. The Bertz CT molecular complexity index is 353. The van der Waals surface area contributed by atoms with Gasteiger partial charge in [-0.3, -0.25) is 0 Å². The van der Waals surface area contributed by atoms with Gasteiger partial charge in [-0.1, -0.05) is 34.1 Å². The normalized spacial score (nSPS) is 43.8. The Labute approximate surface area is 124 Å². The minimum absolute atomic E-state index is 0.114. The number of hydrogen-bond acceptors (Lipinski definition) is 2. The van der Waals surface area contributed by atoms with Crippen molar-refractivity contribution in [2.45, 2.75) is 78.6 Å². The molecule has 6 unspecified atom stereocenters. The lowest BCUT2D eigenvalue weighted by Gasteiger charge is -2.41.